The second-order valence-corrected chi connectivity index (χ2v) is 5.09. The summed E-state index contributed by atoms with van der Waals surface area (Å²) in [5, 5.41) is 3.80. The van der Waals surface area contributed by atoms with Gasteiger partial charge in [0.25, 0.3) is 11.8 Å². The minimum Gasteiger partial charge on any atom is -0.477 e. The van der Waals surface area contributed by atoms with E-state index in [1.54, 1.807) is 38.1 Å². The molecule has 1 aliphatic heterocycles. The number of aryl methyl sites for hydroxylation is 2. The van der Waals surface area contributed by atoms with Gasteiger partial charge in [0, 0.05) is 0 Å². The molecule has 1 aromatic carbocycles. The normalized spacial score (nSPS) is 16.8. The van der Waals surface area contributed by atoms with Gasteiger partial charge < -0.3 is 19.9 Å². The third kappa shape index (κ3) is 2.20. The summed E-state index contributed by atoms with van der Waals surface area (Å²) in [5.41, 5.74) is 6.81. The number of aromatic nitrogens is 1. The molecule has 7 heteroatoms. The number of benzene rings is 1. The number of anilines is 1. The zero-order chi connectivity index (χ0) is 15.9. The summed E-state index contributed by atoms with van der Waals surface area (Å²) in [6, 6.07) is 7.00. The van der Waals surface area contributed by atoms with Crippen LogP contribution >= 0.6 is 0 Å². The van der Waals surface area contributed by atoms with Gasteiger partial charge in [-0.15, -0.1) is 0 Å². The van der Waals surface area contributed by atoms with Gasteiger partial charge in [0.2, 0.25) is 0 Å². The summed E-state index contributed by atoms with van der Waals surface area (Å²) in [4.78, 5) is 25.8. The van der Waals surface area contributed by atoms with Crippen molar-refractivity contribution in [1.29, 1.82) is 0 Å². The standard InChI is InChI=1S/C15H15N3O4/c1-8-13(9(2)22-17-8)15(20)18-7-12(14(16)19)21-11-6-4-3-5-10(11)18/h3-6,12H,7H2,1-2H3,(H2,16,19). The molecule has 1 atom stereocenters. The van der Waals surface area contributed by atoms with Gasteiger partial charge in [-0.3, -0.25) is 9.59 Å². The largest absolute Gasteiger partial charge is 0.477 e. The van der Waals surface area contributed by atoms with Crippen molar-refractivity contribution in [3.63, 3.8) is 0 Å². The van der Waals surface area contributed by atoms with Gasteiger partial charge >= 0.3 is 0 Å². The Bertz CT molecular complexity index is 733. The van der Waals surface area contributed by atoms with E-state index in [9.17, 15) is 9.59 Å². The molecule has 0 bridgehead atoms. The van der Waals surface area contributed by atoms with E-state index in [-0.39, 0.29) is 12.5 Å². The maximum Gasteiger partial charge on any atom is 0.264 e. The number of nitrogens with zero attached hydrogens (tertiary/aromatic N) is 2. The molecule has 3 rings (SSSR count). The molecule has 0 saturated heterocycles. The van der Waals surface area contributed by atoms with E-state index in [0.717, 1.165) is 0 Å². The van der Waals surface area contributed by atoms with E-state index in [4.69, 9.17) is 15.0 Å². The number of hydrogen-bond acceptors (Lipinski definition) is 5. The summed E-state index contributed by atoms with van der Waals surface area (Å²) < 4.78 is 10.6. The minimum atomic E-state index is -0.890. The van der Waals surface area contributed by atoms with Gasteiger partial charge in [0.05, 0.1) is 17.9 Å². The Hall–Kier alpha value is -2.83. The number of nitrogens with two attached hydrogens (primary N) is 1. The summed E-state index contributed by atoms with van der Waals surface area (Å²) in [7, 11) is 0. The molecule has 7 nitrogen and oxygen atoms in total. The van der Waals surface area contributed by atoms with E-state index < -0.39 is 12.0 Å². The number of rotatable bonds is 2. The molecule has 1 unspecified atom stereocenters. The molecule has 0 radical (unpaired) electrons. The van der Waals surface area contributed by atoms with E-state index in [0.29, 0.717) is 28.5 Å². The maximum absolute atomic E-state index is 12.9. The molecule has 1 aromatic heterocycles. The molecule has 2 heterocycles. The predicted octanol–water partition coefficient (Wildman–Crippen LogP) is 1.18. The second kappa shape index (κ2) is 5.18. The Labute approximate surface area is 126 Å². The van der Waals surface area contributed by atoms with Crippen LogP contribution in [0, 0.1) is 13.8 Å². The molecule has 2 amide bonds. The number of amides is 2. The average molecular weight is 301 g/mol. The van der Waals surface area contributed by atoms with Crippen molar-refractivity contribution in [2.24, 2.45) is 5.73 Å². The third-order valence-corrected chi connectivity index (χ3v) is 3.58. The summed E-state index contributed by atoms with van der Waals surface area (Å²) in [6.45, 7) is 3.42. The van der Waals surface area contributed by atoms with Crippen LogP contribution in [0.4, 0.5) is 5.69 Å². The lowest BCUT2D eigenvalue weighted by Gasteiger charge is -2.33. The third-order valence-electron chi connectivity index (χ3n) is 3.58. The van der Waals surface area contributed by atoms with Crippen LogP contribution in [0.25, 0.3) is 0 Å². The van der Waals surface area contributed by atoms with Gasteiger partial charge in [-0.05, 0) is 26.0 Å². The molecule has 0 fully saturated rings. The van der Waals surface area contributed by atoms with E-state index in [1.165, 1.54) is 4.90 Å². The van der Waals surface area contributed by atoms with E-state index in [1.807, 2.05) is 0 Å². The number of hydrogen-bond donors (Lipinski definition) is 1. The van der Waals surface area contributed by atoms with Crippen LogP contribution in [0.3, 0.4) is 0 Å². The number of ether oxygens (including phenoxy) is 1. The number of primary amides is 1. The predicted molar refractivity (Wildman–Crippen MR) is 77.7 cm³/mol. The summed E-state index contributed by atoms with van der Waals surface area (Å²) in [6.07, 6.45) is -0.890. The highest BCUT2D eigenvalue weighted by molar-refractivity contribution is 6.09. The number of carbonyl (C=O) groups excluding carboxylic acids is 2. The number of fused-ring (bicyclic) bond motifs is 1. The summed E-state index contributed by atoms with van der Waals surface area (Å²) >= 11 is 0. The van der Waals surface area contributed by atoms with Crippen LogP contribution in [-0.2, 0) is 4.79 Å². The SMILES string of the molecule is Cc1noc(C)c1C(=O)N1CC(C(N)=O)Oc2ccccc21. The lowest BCUT2D eigenvalue weighted by Crippen LogP contribution is -2.49. The van der Waals surface area contributed by atoms with Gasteiger partial charge in [-0.1, -0.05) is 17.3 Å². The fourth-order valence-corrected chi connectivity index (χ4v) is 2.50. The molecule has 0 aliphatic carbocycles. The Balaban J connectivity index is 2.05. The molecule has 114 valence electrons. The maximum atomic E-state index is 12.9. The van der Waals surface area contributed by atoms with Crippen LogP contribution in [0.15, 0.2) is 28.8 Å². The first-order valence-electron chi connectivity index (χ1n) is 6.78. The zero-order valence-corrected chi connectivity index (χ0v) is 12.2. The monoisotopic (exact) mass is 301 g/mol. The number of para-hydroxylation sites is 2. The first-order valence-corrected chi connectivity index (χ1v) is 6.78. The lowest BCUT2D eigenvalue weighted by atomic mass is 10.1. The molecule has 1 aliphatic rings. The Morgan fingerprint density at radius 1 is 1.32 bits per heavy atom. The van der Waals surface area contributed by atoms with Crippen LogP contribution in [-0.4, -0.2) is 29.6 Å². The molecule has 2 aromatic rings. The average Bonchev–Trinajstić information content (AvgIpc) is 2.84. The Morgan fingerprint density at radius 3 is 2.68 bits per heavy atom. The highest BCUT2D eigenvalue weighted by Crippen LogP contribution is 2.34. The molecule has 2 N–H and O–H groups in total. The van der Waals surface area contributed by atoms with Crippen molar-refractivity contribution < 1.29 is 18.8 Å². The van der Waals surface area contributed by atoms with Crippen LogP contribution in [0.2, 0.25) is 0 Å². The van der Waals surface area contributed by atoms with Gasteiger partial charge in [0.15, 0.2) is 6.10 Å². The number of carbonyl (C=O) groups is 2. The Morgan fingerprint density at radius 2 is 2.05 bits per heavy atom. The van der Waals surface area contributed by atoms with Gasteiger partial charge in [-0.25, -0.2) is 0 Å². The van der Waals surface area contributed by atoms with Crippen molar-refractivity contribution in [3.8, 4) is 5.75 Å². The first kappa shape index (κ1) is 14.1. The van der Waals surface area contributed by atoms with Crippen molar-refractivity contribution in [1.82, 2.24) is 5.16 Å². The molecule has 0 spiro atoms. The topological polar surface area (TPSA) is 98.7 Å². The molecular weight excluding hydrogens is 286 g/mol. The first-order chi connectivity index (χ1) is 10.5. The van der Waals surface area contributed by atoms with E-state index >= 15 is 0 Å². The fraction of sp³-hybridized carbons (Fsp3) is 0.267. The molecular formula is C15H15N3O4. The van der Waals surface area contributed by atoms with E-state index in [2.05, 4.69) is 5.16 Å². The highest BCUT2D eigenvalue weighted by Gasteiger charge is 2.34. The second-order valence-electron chi connectivity index (χ2n) is 5.09. The van der Waals surface area contributed by atoms with Crippen LogP contribution < -0.4 is 15.4 Å². The Kier molecular flexibility index (Phi) is 3.32. The van der Waals surface area contributed by atoms with Gasteiger partial charge in [-0.2, -0.15) is 0 Å². The zero-order valence-electron chi connectivity index (χ0n) is 12.2. The highest BCUT2D eigenvalue weighted by atomic mass is 16.5. The summed E-state index contributed by atoms with van der Waals surface area (Å²) in [5.74, 6) is -0.0379. The van der Waals surface area contributed by atoms with Crippen LogP contribution in [0.5, 0.6) is 5.75 Å². The van der Waals surface area contributed by atoms with Crippen molar-refractivity contribution in [2.45, 2.75) is 20.0 Å². The van der Waals surface area contributed by atoms with Crippen molar-refractivity contribution in [3.05, 3.63) is 41.3 Å². The van der Waals surface area contributed by atoms with Crippen LogP contribution in [0.1, 0.15) is 21.8 Å². The van der Waals surface area contributed by atoms with Crippen molar-refractivity contribution in [2.75, 3.05) is 11.4 Å². The van der Waals surface area contributed by atoms with Gasteiger partial charge in [0.1, 0.15) is 17.1 Å². The molecule has 0 saturated carbocycles. The minimum absolute atomic E-state index is 0.0508. The fourth-order valence-electron chi connectivity index (χ4n) is 2.50. The molecule has 22 heavy (non-hydrogen) atoms. The smallest absolute Gasteiger partial charge is 0.264 e. The lowest BCUT2D eigenvalue weighted by molar-refractivity contribution is -0.124. The quantitative estimate of drug-likeness (QED) is 0.898. The van der Waals surface area contributed by atoms with Crippen molar-refractivity contribution >= 4 is 17.5 Å².